The third-order valence-electron chi connectivity index (χ3n) is 7.28. The van der Waals surface area contributed by atoms with Crippen LogP contribution >= 0.6 is 0 Å². The van der Waals surface area contributed by atoms with Crippen LogP contribution in [-0.4, -0.2) is 25.8 Å². The number of amides is 2. The minimum absolute atomic E-state index is 0.105. The molecule has 6 aromatic rings. The summed E-state index contributed by atoms with van der Waals surface area (Å²) in [4.78, 5) is 43.1. The van der Waals surface area contributed by atoms with Gasteiger partial charge in [0, 0.05) is 29.2 Å². The van der Waals surface area contributed by atoms with Crippen LogP contribution in [0.1, 0.15) is 28.5 Å². The second-order valence-corrected chi connectivity index (χ2v) is 10.6. The lowest BCUT2D eigenvalue weighted by atomic mass is 10.1. The van der Waals surface area contributed by atoms with E-state index in [0.29, 0.717) is 28.6 Å². The normalized spacial score (nSPS) is 11.4. The summed E-state index contributed by atoms with van der Waals surface area (Å²) in [6.45, 7) is 3.54. The van der Waals surface area contributed by atoms with Crippen molar-refractivity contribution in [3.05, 3.63) is 154 Å². The maximum absolute atomic E-state index is 15.1. The first-order valence-corrected chi connectivity index (χ1v) is 14.5. The molecule has 47 heavy (non-hydrogen) atoms. The molecule has 0 saturated heterocycles. The quantitative estimate of drug-likeness (QED) is 0.174. The molecule has 3 aromatic heterocycles. The second kappa shape index (κ2) is 12.9. The fourth-order valence-corrected chi connectivity index (χ4v) is 4.94. The van der Waals surface area contributed by atoms with E-state index in [1.54, 1.807) is 41.9 Å². The topological polar surface area (TPSA) is 107 Å². The van der Waals surface area contributed by atoms with E-state index in [2.05, 4.69) is 15.6 Å². The maximum Gasteiger partial charge on any atom is 0.268 e. The van der Waals surface area contributed by atoms with Crippen LogP contribution in [0.2, 0.25) is 0 Å². The lowest BCUT2D eigenvalue weighted by molar-refractivity contribution is -0.111. The molecule has 0 aliphatic heterocycles. The molecule has 0 bridgehead atoms. The van der Waals surface area contributed by atoms with Gasteiger partial charge >= 0.3 is 0 Å². The predicted octanol–water partition coefficient (Wildman–Crippen LogP) is 7.16. The Hall–Kier alpha value is -6.36. The fraction of sp³-hybridized carbons (Fsp3) is 0.0556. The number of aromatic nitrogens is 3. The molecule has 9 nitrogen and oxygen atoms in total. The molecule has 3 heterocycles. The number of aryl methyl sites for hydroxylation is 1. The maximum atomic E-state index is 15.1. The highest BCUT2D eigenvalue weighted by atomic mass is 19.1. The van der Waals surface area contributed by atoms with Gasteiger partial charge in [0.1, 0.15) is 22.8 Å². The third kappa shape index (κ3) is 6.84. The molecule has 0 aliphatic carbocycles. The number of allylic oxidation sites excluding steroid dienone is 1. The molecule has 0 unspecified atom stereocenters. The van der Waals surface area contributed by atoms with Crippen LogP contribution < -0.4 is 20.9 Å². The molecular weight excluding hydrogens is 604 g/mol. The van der Waals surface area contributed by atoms with Crippen molar-refractivity contribution in [2.45, 2.75) is 13.8 Å². The zero-order valence-electron chi connectivity index (χ0n) is 25.2. The van der Waals surface area contributed by atoms with E-state index in [-0.39, 0.29) is 22.9 Å². The second-order valence-electron chi connectivity index (χ2n) is 10.6. The van der Waals surface area contributed by atoms with Gasteiger partial charge in [-0.05, 0) is 85.6 Å². The van der Waals surface area contributed by atoms with E-state index in [1.807, 2.05) is 37.3 Å². The van der Waals surface area contributed by atoms with Crippen LogP contribution in [0.3, 0.4) is 0 Å². The number of nitrogens with one attached hydrogen (secondary N) is 2. The molecule has 0 fully saturated rings. The van der Waals surface area contributed by atoms with E-state index in [9.17, 15) is 18.8 Å². The minimum Gasteiger partial charge on any atom is -0.453 e. The molecule has 2 N–H and O–H groups in total. The molecule has 11 heteroatoms. The largest absolute Gasteiger partial charge is 0.453 e. The Bertz CT molecular complexity index is 2230. The van der Waals surface area contributed by atoms with Gasteiger partial charge in [-0.2, -0.15) is 0 Å². The summed E-state index contributed by atoms with van der Waals surface area (Å²) >= 11 is 0. The van der Waals surface area contributed by atoms with Crippen molar-refractivity contribution in [3.63, 3.8) is 0 Å². The van der Waals surface area contributed by atoms with Crippen LogP contribution in [0, 0.1) is 18.6 Å². The van der Waals surface area contributed by atoms with Crippen LogP contribution in [0.4, 0.5) is 20.3 Å². The fourth-order valence-electron chi connectivity index (χ4n) is 4.94. The Kier molecular flexibility index (Phi) is 8.44. The molecule has 3 aromatic carbocycles. The first kappa shape index (κ1) is 30.7. The highest BCUT2D eigenvalue weighted by molar-refractivity contribution is 6.04. The number of imidazole rings is 1. The number of benzene rings is 3. The third-order valence-corrected chi connectivity index (χ3v) is 7.28. The molecule has 2 amide bonds. The molecule has 234 valence electrons. The SMILES string of the molecule is C/C(=C\C(=O)Nc1cn2cc(Oc3ccc(NC(=O)c4ccc(C)n(-c5ccc(F)cc5)c4=O)cc3F)ccc2n1)c1ccccc1. The van der Waals surface area contributed by atoms with Gasteiger partial charge in [-0.15, -0.1) is 0 Å². The van der Waals surface area contributed by atoms with E-state index in [0.717, 1.165) is 17.2 Å². The van der Waals surface area contributed by atoms with Crippen molar-refractivity contribution in [1.82, 2.24) is 14.0 Å². The summed E-state index contributed by atoms with van der Waals surface area (Å²) in [5, 5.41) is 5.29. The van der Waals surface area contributed by atoms with Gasteiger partial charge in [0.05, 0.1) is 12.4 Å². The number of rotatable bonds is 8. The number of anilines is 2. The highest BCUT2D eigenvalue weighted by Gasteiger charge is 2.17. The molecule has 0 saturated carbocycles. The summed E-state index contributed by atoms with van der Waals surface area (Å²) in [6, 6.07) is 24.9. The summed E-state index contributed by atoms with van der Waals surface area (Å²) in [5.41, 5.74) is 2.54. The summed E-state index contributed by atoms with van der Waals surface area (Å²) < 4.78 is 37.2. The van der Waals surface area contributed by atoms with Crippen molar-refractivity contribution < 1.29 is 23.1 Å². The zero-order chi connectivity index (χ0) is 33.1. The summed E-state index contributed by atoms with van der Waals surface area (Å²) in [6.07, 6.45) is 4.69. The van der Waals surface area contributed by atoms with Gasteiger partial charge < -0.3 is 19.8 Å². The first-order valence-electron chi connectivity index (χ1n) is 14.5. The summed E-state index contributed by atoms with van der Waals surface area (Å²) in [5.74, 6) is -1.76. The lowest BCUT2D eigenvalue weighted by Crippen LogP contribution is -2.29. The Morgan fingerprint density at radius 2 is 1.64 bits per heavy atom. The molecule has 0 atom stereocenters. The van der Waals surface area contributed by atoms with Crippen molar-refractivity contribution in [1.29, 1.82) is 0 Å². The number of ether oxygens (including phenoxy) is 1. The zero-order valence-corrected chi connectivity index (χ0v) is 25.2. The first-order chi connectivity index (χ1) is 22.6. The Morgan fingerprint density at radius 1 is 0.872 bits per heavy atom. The molecule has 0 aliphatic rings. The van der Waals surface area contributed by atoms with Crippen molar-refractivity contribution in [3.8, 4) is 17.2 Å². The van der Waals surface area contributed by atoms with Gasteiger partial charge in [0.2, 0.25) is 5.91 Å². The van der Waals surface area contributed by atoms with Crippen LogP contribution in [0.25, 0.3) is 16.9 Å². The van der Waals surface area contributed by atoms with Crippen molar-refractivity contribution in [2.24, 2.45) is 0 Å². The van der Waals surface area contributed by atoms with Crippen LogP contribution in [0.5, 0.6) is 11.5 Å². The number of halogens is 2. The number of carbonyl (C=O) groups is 2. The average molecular weight is 632 g/mol. The van der Waals surface area contributed by atoms with Gasteiger partial charge in [0.15, 0.2) is 17.4 Å². The number of hydrogen-bond acceptors (Lipinski definition) is 5. The van der Waals surface area contributed by atoms with E-state index >= 15 is 4.39 Å². The number of fused-ring (bicyclic) bond motifs is 1. The monoisotopic (exact) mass is 631 g/mol. The molecule has 0 radical (unpaired) electrons. The average Bonchev–Trinajstić information content (AvgIpc) is 3.45. The van der Waals surface area contributed by atoms with E-state index in [4.69, 9.17) is 4.74 Å². The number of carbonyl (C=O) groups excluding carboxylic acids is 2. The van der Waals surface area contributed by atoms with Crippen LogP contribution in [-0.2, 0) is 4.79 Å². The number of hydrogen-bond donors (Lipinski definition) is 2. The van der Waals surface area contributed by atoms with Gasteiger partial charge in [-0.3, -0.25) is 19.0 Å². The van der Waals surface area contributed by atoms with E-state index in [1.165, 1.54) is 53.1 Å². The standard InChI is InChI=1S/C36H27F2N5O4/c1-22(24-6-4-3-5-7-24)18-34(44)41-32-21-42-20-28(14-17-33(42)40-32)47-31-16-11-26(19-30(31)38)39-35(45)29-15-8-23(2)43(36(29)46)27-12-9-25(37)10-13-27/h3-21H,1-2H3,(H,39,45)(H,41,44)/b22-18+. The van der Waals surface area contributed by atoms with Crippen LogP contribution in [0.15, 0.2) is 120 Å². The molecular formula is C36H27F2N5O4. The Balaban J connectivity index is 1.14. The van der Waals surface area contributed by atoms with Crippen molar-refractivity contribution >= 4 is 34.5 Å². The van der Waals surface area contributed by atoms with E-state index < -0.39 is 23.1 Å². The van der Waals surface area contributed by atoms with Gasteiger partial charge in [-0.1, -0.05) is 30.3 Å². The van der Waals surface area contributed by atoms with Crippen molar-refractivity contribution in [2.75, 3.05) is 10.6 Å². The van der Waals surface area contributed by atoms with Gasteiger partial charge in [0.25, 0.3) is 11.5 Å². The van der Waals surface area contributed by atoms with Gasteiger partial charge in [-0.25, -0.2) is 13.8 Å². The Morgan fingerprint density at radius 3 is 2.38 bits per heavy atom. The smallest absolute Gasteiger partial charge is 0.268 e. The Labute approximate surface area is 267 Å². The lowest BCUT2D eigenvalue weighted by Gasteiger charge is -2.13. The molecule has 0 spiro atoms. The highest BCUT2D eigenvalue weighted by Crippen LogP contribution is 2.28. The number of nitrogens with zero attached hydrogens (tertiary/aromatic N) is 3. The minimum atomic E-state index is -0.755. The molecule has 6 rings (SSSR count). The summed E-state index contributed by atoms with van der Waals surface area (Å²) in [7, 11) is 0. The predicted molar refractivity (Wildman–Crippen MR) is 175 cm³/mol. The number of pyridine rings is 2.